The first kappa shape index (κ1) is 18.9. The highest BCUT2D eigenvalue weighted by Crippen LogP contribution is 2.25. The second-order valence-corrected chi connectivity index (χ2v) is 5.02. The normalized spacial score (nSPS) is 24.9. The van der Waals surface area contributed by atoms with E-state index in [1.54, 1.807) is 0 Å². The molecule has 23 heavy (non-hydrogen) atoms. The molecule has 1 amide bonds. The SMILES string of the molecule is COC(=O)C1=CC(OCC(O)CO)C(NC(C)=O)C(N=[N+]=[N-])C1. The Morgan fingerprint density at radius 1 is 1.61 bits per heavy atom. The van der Waals surface area contributed by atoms with Crippen molar-refractivity contribution in [3.8, 4) is 0 Å². The van der Waals surface area contributed by atoms with Crippen LogP contribution in [0.4, 0.5) is 0 Å². The number of aliphatic hydroxyl groups excluding tert-OH is 2. The first-order valence-electron chi connectivity index (χ1n) is 6.93. The minimum absolute atomic E-state index is 0.0874. The number of ether oxygens (including phenoxy) is 2. The minimum atomic E-state index is -1.11. The number of nitrogens with one attached hydrogen (secondary N) is 1. The van der Waals surface area contributed by atoms with E-state index in [4.69, 9.17) is 15.4 Å². The van der Waals surface area contributed by atoms with E-state index in [-0.39, 0.29) is 24.5 Å². The average Bonchev–Trinajstić information content (AvgIpc) is 2.53. The standard InChI is InChI=1S/C13H20N4O6/c1-7(19)15-12-10(16-17-14)3-8(13(21)22-2)4-11(12)23-6-9(20)5-18/h4,9-12,18,20H,3,5-6H2,1-2H3,(H,15,19). The van der Waals surface area contributed by atoms with E-state index in [9.17, 15) is 14.7 Å². The number of hydrogen-bond acceptors (Lipinski definition) is 7. The lowest BCUT2D eigenvalue weighted by Gasteiger charge is -2.34. The topological polar surface area (TPSA) is 154 Å². The van der Waals surface area contributed by atoms with Crippen LogP contribution in [0, 0.1) is 0 Å². The molecule has 0 aliphatic heterocycles. The van der Waals surface area contributed by atoms with Gasteiger partial charge in [-0.1, -0.05) is 5.11 Å². The molecule has 0 fully saturated rings. The van der Waals surface area contributed by atoms with E-state index < -0.39 is 36.9 Å². The van der Waals surface area contributed by atoms with Crippen LogP contribution in [-0.2, 0) is 19.1 Å². The van der Waals surface area contributed by atoms with Crippen LogP contribution >= 0.6 is 0 Å². The van der Waals surface area contributed by atoms with E-state index in [0.717, 1.165) is 0 Å². The molecule has 0 aromatic carbocycles. The number of carbonyl (C=O) groups excluding carboxylic acids is 2. The van der Waals surface area contributed by atoms with Crippen molar-refractivity contribution in [2.75, 3.05) is 20.3 Å². The van der Waals surface area contributed by atoms with Crippen molar-refractivity contribution in [1.82, 2.24) is 5.32 Å². The van der Waals surface area contributed by atoms with E-state index in [1.165, 1.54) is 20.1 Å². The van der Waals surface area contributed by atoms with Crippen molar-refractivity contribution >= 4 is 11.9 Å². The monoisotopic (exact) mass is 328 g/mol. The molecule has 0 spiro atoms. The summed E-state index contributed by atoms with van der Waals surface area (Å²) in [4.78, 5) is 25.8. The van der Waals surface area contributed by atoms with Crippen LogP contribution in [0.25, 0.3) is 10.4 Å². The molecule has 1 rings (SSSR count). The van der Waals surface area contributed by atoms with Crippen molar-refractivity contribution in [3.63, 3.8) is 0 Å². The summed E-state index contributed by atoms with van der Waals surface area (Å²) in [5.74, 6) is -0.958. The fourth-order valence-electron chi connectivity index (χ4n) is 2.24. The number of carbonyl (C=O) groups is 2. The van der Waals surface area contributed by atoms with Crippen LogP contribution in [0.1, 0.15) is 13.3 Å². The van der Waals surface area contributed by atoms with Gasteiger partial charge in [0.25, 0.3) is 0 Å². The average molecular weight is 328 g/mol. The second-order valence-electron chi connectivity index (χ2n) is 5.02. The highest BCUT2D eigenvalue weighted by molar-refractivity contribution is 5.89. The lowest BCUT2D eigenvalue weighted by Crippen LogP contribution is -2.52. The molecule has 4 unspecified atom stereocenters. The number of aliphatic hydroxyl groups is 2. The van der Waals surface area contributed by atoms with Crippen LogP contribution < -0.4 is 5.32 Å². The fourth-order valence-corrected chi connectivity index (χ4v) is 2.24. The van der Waals surface area contributed by atoms with Gasteiger partial charge >= 0.3 is 5.97 Å². The van der Waals surface area contributed by atoms with Gasteiger partial charge < -0.3 is 25.0 Å². The Morgan fingerprint density at radius 3 is 2.83 bits per heavy atom. The molecule has 1 aliphatic carbocycles. The maximum Gasteiger partial charge on any atom is 0.333 e. The van der Waals surface area contributed by atoms with Crippen molar-refractivity contribution in [1.29, 1.82) is 0 Å². The molecule has 0 saturated carbocycles. The molecule has 1 aliphatic rings. The van der Waals surface area contributed by atoms with Gasteiger partial charge in [-0.3, -0.25) is 4.79 Å². The van der Waals surface area contributed by atoms with E-state index in [0.29, 0.717) is 0 Å². The van der Waals surface area contributed by atoms with Crippen LogP contribution in [0.2, 0.25) is 0 Å². The van der Waals surface area contributed by atoms with Gasteiger partial charge in [0.05, 0.1) is 38.5 Å². The van der Waals surface area contributed by atoms with Gasteiger partial charge in [0.1, 0.15) is 6.10 Å². The number of esters is 1. The Morgan fingerprint density at radius 2 is 2.30 bits per heavy atom. The second kappa shape index (κ2) is 9.11. The molecule has 10 heteroatoms. The number of nitrogens with zero attached hydrogens (tertiary/aromatic N) is 3. The summed E-state index contributed by atoms with van der Waals surface area (Å²) in [5, 5.41) is 24.4. The summed E-state index contributed by atoms with van der Waals surface area (Å²) in [6.07, 6.45) is -0.384. The van der Waals surface area contributed by atoms with Gasteiger partial charge in [-0.25, -0.2) is 4.79 Å². The van der Waals surface area contributed by atoms with Crippen molar-refractivity contribution < 1.29 is 29.3 Å². The predicted molar refractivity (Wildman–Crippen MR) is 78.1 cm³/mol. The predicted octanol–water partition coefficient (Wildman–Crippen LogP) is -0.589. The number of methoxy groups -OCH3 is 1. The van der Waals surface area contributed by atoms with E-state index in [2.05, 4.69) is 20.1 Å². The minimum Gasteiger partial charge on any atom is -0.466 e. The fraction of sp³-hybridized carbons (Fsp3) is 0.692. The molecule has 10 nitrogen and oxygen atoms in total. The molecule has 0 bridgehead atoms. The third-order valence-corrected chi connectivity index (χ3v) is 3.27. The zero-order valence-electron chi connectivity index (χ0n) is 12.9. The zero-order chi connectivity index (χ0) is 17.4. The quantitative estimate of drug-likeness (QED) is 0.246. The van der Waals surface area contributed by atoms with Crippen molar-refractivity contribution in [3.05, 3.63) is 22.1 Å². The number of hydrogen-bond donors (Lipinski definition) is 3. The maximum atomic E-state index is 11.7. The molecule has 4 atom stereocenters. The summed E-state index contributed by atoms with van der Waals surface area (Å²) < 4.78 is 10.1. The van der Waals surface area contributed by atoms with Crippen LogP contribution in [0.5, 0.6) is 0 Å². The largest absolute Gasteiger partial charge is 0.466 e. The van der Waals surface area contributed by atoms with E-state index in [1.807, 2.05) is 0 Å². The van der Waals surface area contributed by atoms with Crippen LogP contribution in [-0.4, -0.2) is 66.7 Å². The molecular weight excluding hydrogens is 308 g/mol. The van der Waals surface area contributed by atoms with Crippen molar-refractivity contribution in [2.45, 2.75) is 37.6 Å². The Kier molecular flexibility index (Phi) is 7.49. The highest BCUT2D eigenvalue weighted by Gasteiger charge is 2.36. The molecule has 0 aromatic heterocycles. The Bertz CT molecular complexity index is 517. The zero-order valence-corrected chi connectivity index (χ0v) is 12.9. The smallest absolute Gasteiger partial charge is 0.333 e. The molecular formula is C13H20N4O6. The molecule has 3 N–H and O–H groups in total. The van der Waals surface area contributed by atoms with Crippen LogP contribution in [0.3, 0.4) is 0 Å². The molecule has 0 heterocycles. The lowest BCUT2D eigenvalue weighted by atomic mass is 9.88. The molecule has 128 valence electrons. The van der Waals surface area contributed by atoms with E-state index >= 15 is 0 Å². The maximum absolute atomic E-state index is 11.7. The lowest BCUT2D eigenvalue weighted by molar-refractivity contribution is -0.136. The number of rotatable bonds is 7. The molecule has 0 saturated heterocycles. The molecule has 0 aromatic rings. The van der Waals surface area contributed by atoms with Gasteiger partial charge in [-0.05, 0) is 18.0 Å². The first-order chi connectivity index (χ1) is 10.9. The highest BCUT2D eigenvalue weighted by atomic mass is 16.5. The Labute approximate surface area is 132 Å². The molecule has 0 radical (unpaired) electrons. The Balaban J connectivity index is 3.07. The first-order valence-corrected chi connectivity index (χ1v) is 6.93. The number of azide groups is 1. The van der Waals surface area contributed by atoms with Crippen LogP contribution in [0.15, 0.2) is 16.8 Å². The summed E-state index contributed by atoms with van der Waals surface area (Å²) in [6, 6.07) is -1.46. The van der Waals surface area contributed by atoms with Gasteiger partial charge in [0, 0.05) is 17.4 Å². The summed E-state index contributed by atoms with van der Waals surface area (Å²) in [7, 11) is 1.22. The Hall–Kier alpha value is -2.13. The summed E-state index contributed by atoms with van der Waals surface area (Å²) in [5.41, 5.74) is 8.94. The van der Waals surface area contributed by atoms with Crippen molar-refractivity contribution in [2.24, 2.45) is 5.11 Å². The number of amides is 1. The van der Waals surface area contributed by atoms with Gasteiger partial charge in [-0.15, -0.1) is 0 Å². The van der Waals surface area contributed by atoms with Gasteiger partial charge in [-0.2, -0.15) is 0 Å². The van der Waals surface area contributed by atoms with Gasteiger partial charge in [0.15, 0.2) is 0 Å². The third-order valence-electron chi connectivity index (χ3n) is 3.27. The summed E-state index contributed by atoms with van der Waals surface area (Å²) in [6.45, 7) is 0.586. The van der Waals surface area contributed by atoms with Gasteiger partial charge in [0.2, 0.25) is 5.91 Å². The third kappa shape index (κ3) is 5.53. The summed E-state index contributed by atoms with van der Waals surface area (Å²) >= 11 is 0.